The lowest BCUT2D eigenvalue weighted by atomic mass is 9.84. The SMILES string of the molecule is C=Cc1c(C)c2cc3nc(c(CC(=O)NCCNCCCC)c4[nH]c(cc5nc(cc1[nH]2)C(C)=C5CC)c(C)c4C(=O)O)[C@@H](CCC(=O)NCCNCCCC)[C@@H]3C. The Kier molecular flexibility index (Phi) is 15.6. The van der Waals surface area contributed by atoms with Gasteiger partial charge in [-0.1, -0.05) is 53.2 Å². The van der Waals surface area contributed by atoms with Gasteiger partial charge in [0.2, 0.25) is 11.8 Å². The topological polar surface area (TPSA) is 177 Å². The van der Waals surface area contributed by atoms with E-state index in [2.05, 4.69) is 85.4 Å². The average molecular weight is 793 g/mol. The van der Waals surface area contributed by atoms with Crippen LogP contribution in [-0.4, -0.2) is 82.1 Å². The number of fused-ring (bicyclic) bond motifs is 8. The largest absolute Gasteiger partial charge is 0.478 e. The molecule has 2 atom stereocenters. The van der Waals surface area contributed by atoms with Crippen LogP contribution in [0, 0.1) is 13.8 Å². The van der Waals surface area contributed by atoms with Crippen LogP contribution in [0.15, 0.2) is 24.8 Å². The molecule has 2 aliphatic rings. The van der Waals surface area contributed by atoms with Gasteiger partial charge in [-0.05, 0) is 100 Å². The van der Waals surface area contributed by atoms with Crippen LogP contribution in [0.25, 0.3) is 39.3 Å². The van der Waals surface area contributed by atoms with Crippen LogP contribution in [-0.2, 0) is 16.0 Å². The summed E-state index contributed by atoms with van der Waals surface area (Å²) in [7, 11) is 0. The van der Waals surface area contributed by atoms with E-state index < -0.39 is 5.97 Å². The number of aromatic carboxylic acids is 1. The first-order chi connectivity index (χ1) is 27.9. The quantitative estimate of drug-likeness (QED) is 0.0566. The molecule has 3 aromatic rings. The number of hydrogen-bond acceptors (Lipinski definition) is 7. The number of unbranched alkanes of at least 4 members (excludes halogenated alkanes) is 2. The van der Waals surface area contributed by atoms with Gasteiger partial charge in [0.05, 0.1) is 34.6 Å². The highest BCUT2D eigenvalue weighted by Crippen LogP contribution is 2.43. The van der Waals surface area contributed by atoms with Crippen molar-refractivity contribution in [3.8, 4) is 0 Å². The van der Waals surface area contributed by atoms with Crippen molar-refractivity contribution in [3.05, 3.63) is 75.4 Å². The van der Waals surface area contributed by atoms with Crippen LogP contribution < -0.4 is 21.3 Å². The van der Waals surface area contributed by atoms with E-state index >= 15 is 0 Å². The zero-order chi connectivity index (χ0) is 41.9. The van der Waals surface area contributed by atoms with E-state index in [-0.39, 0.29) is 42.1 Å². The first-order valence-electron chi connectivity index (χ1n) is 21.2. The molecule has 12 nitrogen and oxygen atoms in total. The number of allylic oxidation sites excluding steroid dienone is 2. The van der Waals surface area contributed by atoms with Gasteiger partial charge in [-0.15, -0.1) is 0 Å². The third-order valence-corrected chi connectivity index (χ3v) is 11.6. The number of amides is 2. The van der Waals surface area contributed by atoms with E-state index in [0.717, 1.165) is 95.6 Å². The van der Waals surface area contributed by atoms with Crippen LogP contribution in [0.1, 0.15) is 147 Å². The highest BCUT2D eigenvalue weighted by molar-refractivity contribution is 6.03. The van der Waals surface area contributed by atoms with Crippen molar-refractivity contribution in [2.24, 2.45) is 0 Å². The van der Waals surface area contributed by atoms with E-state index in [0.29, 0.717) is 60.5 Å². The fourth-order valence-electron chi connectivity index (χ4n) is 8.13. The summed E-state index contributed by atoms with van der Waals surface area (Å²) in [5.41, 5.74) is 10.9. The molecule has 0 aromatic carbocycles. The smallest absolute Gasteiger partial charge is 0.338 e. The van der Waals surface area contributed by atoms with Crippen molar-refractivity contribution in [1.29, 1.82) is 0 Å². The molecule has 0 saturated carbocycles. The summed E-state index contributed by atoms with van der Waals surface area (Å²) in [6, 6.07) is 6.02. The maximum atomic E-state index is 13.9. The molecular weight excluding hydrogens is 729 g/mol. The fourth-order valence-corrected chi connectivity index (χ4v) is 8.13. The zero-order valence-electron chi connectivity index (χ0n) is 35.6. The van der Waals surface area contributed by atoms with Crippen LogP contribution in [0.4, 0.5) is 0 Å². The van der Waals surface area contributed by atoms with Crippen LogP contribution in [0.2, 0.25) is 0 Å². The number of carbonyl (C=O) groups is 3. The monoisotopic (exact) mass is 793 g/mol. The van der Waals surface area contributed by atoms with Crippen molar-refractivity contribution in [2.75, 3.05) is 39.3 Å². The first kappa shape index (κ1) is 44.0. The molecule has 312 valence electrons. The molecule has 7 N–H and O–H groups in total. The minimum atomic E-state index is -1.10. The number of rotatable bonds is 20. The van der Waals surface area contributed by atoms with Gasteiger partial charge < -0.3 is 36.3 Å². The molecule has 58 heavy (non-hydrogen) atoms. The molecule has 0 unspecified atom stereocenters. The molecule has 0 fully saturated rings. The maximum Gasteiger partial charge on any atom is 0.338 e. The van der Waals surface area contributed by atoms with Crippen LogP contribution >= 0.6 is 0 Å². The number of carboxylic acid groups (broad SMARTS) is 1. The number of aromatic nitrogens is 4. The summed E-state index contributed by atoms with van der Waals surface area (Å²) >= 11 is 0. The number of aromatic amines is 2. The van der Waals surface area contributed by atoms with E-state index in [1.165, 1.54) is 0 Å². The Morgan fingerprint density at radius 2 is 1.45 bits per heavy atom. The lowest BCUT2D eigenvalue weighted by molar-refractivity contribution is -0.121. The summed E-state index contributed by atoms with van der Waals surface area (Å²) in [4.78, 5) is 57.8. The summed E-state index contributed by atoms with van der Waals surface area (Å²) in [6.07, 6.45) is 7.52. The zero-order valence-corrected chi connectivity index (χ0v) is 35.6. The minimum absolute atomic E-state index is 0.0622. The van der Waals surface area contributed by atoms with Gasteiger partial charge >= 0.3 is 5.97 Å². The van der Waals surface area contributed by atoms with E-state index in [1.54, 1.807) is 6.92 Å². The maximum absolute atomic E-state index is 13.9. The van der Waals surface area contributed by atoms with Crippen molar-refractivity contribution < 1.29 is 19.5 Å². The van der Waals surface area contributed by atoms with Crippen molar-refractivity contribution in [2.45, 2.75) is 112 Å². The van der Waals surface area contributed by atoms with Crippen molar-refractivity contribution >= 4 is 57.1 Å². The molecule has 5 rings (SSSR count). The second-order valence-electron chi connectivity index (χ2n) is 15.6. The Balaban J connectivity index is 1.74. The number of nitrogens with zero attached hydrogens (tertiary/aromatic N) is 2. The van der Waals surface area contributed by atoms with Gasteiger partial charge in [0, 0.05) is 77.8 Å². The number of hydrogen-bond donors (Lipinski definition) is 7. The number of carboxylic acids is 1. The van der Waals surface area contributed by atoms with Crippen LogP contribution in [0.3, 0.4) is 0 Å². The molecule has 2 aliphatic heterocycles. The molecular formula is C46H64N8O4. The molecule has 12 heteroatoms. The van der Waals surface area contributed by atoms with Crippen molar-refractivity contribution in [1.82, 2.24) is 41.2 Å². The molecule has 0 radical (unpaired) electrons. The highest BCUT2D eigenvalue weighted by Gasteiger charge is 2.33. The molecule has 8 bridgehead atoms. The summed E-state index contributed by atoms with van der Waals surface area (Å²) in [5.74, 6) is -1.83. The van der Waals surface area contributed by atoms with E-state index in [4.69, 9.17) is 9.97 Å². The van der Waals surface area contributed by atoms with E-state index in [1.807, 2.05) is 18.2 Å². The fraction of sp³-hybridized carbons (Fsp3) is 0.500. The highest BCUT2D eigenvalue weighted by atomic mass is 16.4. The minimum Gasteiger partial charge on any atom is -0.478 e. The third-order valence-electron chi connectivity index (χ3n) is 11.6. The number of aryl methyl sites for hydroxylation is 2. The van der Waals surface area contributed by atoms with Gasteiger partial charge in [0.1, 0.15) is 0 Å². The molecule has 0 aliphatic carbocycles. The van der Waals surface area contributed by atoms with Crippen LogP contribution in [0.5, 0.6) is 0 Å². The normalized spacial score (nSPS) is 15.2. The van der Waals surface area contributed by atoms with E-state index in [9.17, 15) is 19.5 Å². The molecule has 0 spiro atoms. The standard InChI is InChI=1S/C46H64N8O4/c1-9-13-17-47-19-21-49-41(55)16-15-33-29(7)37-24-35-27(5)31(11-3)39(51-35)25-36-28(6)32(12-4)40(52-36)26-38-30(8)43(46(57)58)45(54-38)34(44(33)53-37)23-42(56)50-22-20-48-18-14-10-2/h11,24-26,29,33,47-48,51,54H,3,9-10,12-23H2,1-2,4-8H3,(H,49,55)(H,50,56)(H,57,58)/t29-,33-/m0/s1. The number of H-pyrrole nitrogens is 2. The van der Waals surface area contributed by atoms with Gasteiger partial charge in [0.25, 0.3) is 0 Å². The Hall–Kier alpha value is -5.07. The number of carbonyl (C=O) groups excluding carboxylic acids is 2. The summed E-state index contributed by atoms with van der Waals surface area (Å²) in [6.45, 7) is 22.6. The lowest BCUT2D eigenvalue weighted by Gasteiger charge is -2.18. The van der Waals surface area contributed by atoms with Gasteiger partial charge in [-0.2, -0.15) is 0 Å². The predicted octanol–water partition coefficient (Wildman–Crippen LogP) is 7.84. The first-order valence-corrected chi connectivity index (χ1v) is 21.2. The molecule has 0 saturated heterocycles. The number of nitrogens with one attached hydrogen (secondary N) is 6. The lowest BCUT2D eigenvalue weighted by Crippen LogP contribution is -2.33. The Labute approximate surface area is 343 Å². The Morgan fingerprint density at radius 3 is 2.07 bits per heavy atom. The second-order valence-corrected chi connectivity index (χ2v) is 15.6. The summed E-state index contributed by atoms with van der Waals surface area (Å²) < 4.78 is 0. The van der Waals surface area contributed by atoms with Gasteiger partial charge in [-0.25, -0.2) is 9.78 Å². The molecule has 2 amide bonds. The molecule has 3 aromatic heterocycles. The van der Waals surface area contributed by atoms with Crippen molar-refractivity contribution in [3.63, 3.8) is 0 Å². The average Bonchev–Trinajstić information content (AvgIpc) is 3.88. The Bertz CT molecular complexity index is 2200. The Morgan fingerprint density at radius 1 is 0.810 bits per heavy atom. The van der Waals surface area contributed by atoms with Gasteiger partial charge in [-0.3, -0.25) is 14.6 Å². The summed E-state index contributed by atoms with van der Waals surface area (Å²) in [5, 5.41) is 23.6. The second kappa shape index (κ2) is 20.6. The van der Waals surface area contributed by atoms with Gasteiger partial charge in [0.15, 0.2) is 0 Å². The third kappa shape index (κ3) is 10.1. The predicted molar refractivity (Wildman–Crippen MR) is 236 cm³/mol. The molecule has 5 heterocycles.